The highest BCUT2D eigenvalue weighted by Crippen LogP contribution is 2.18. The Morgan fingerprint density at radius 1 is 1.60 bits per heavy atom. The zero-order valence-electron chi connectivity index (χ0n) is 7.55. The molecule has 0 aliphatic rings. The zero-order valence-corrected chi connectivity index (χ0v) is 7.55. The fourth-order valence-corrected chi connectivity index (χ4v) is 0.848. The predicted octanol–water partition coefficient (Wildman–Crippen LogP) is 1.12. The molecular weight excluding hydrogens is 205 g/mol. The Balaban J connectivity index is 2.54. The molecule has 1 aromatic carbocycles. The van der Waals surface area contributed by atoms with E-state index in [0.717, 1.165) is 12.1 Å². The van der Waals surface area contributed by atoms with Gasteiger partial charge in [0.15, 0.2) is 6.21 Å². The lowest BCUT2D eigenvalue weighted by Crippen LogP contribution is -1.96. The standard InChI is InChI=1S/C9H8FNO4/c10-7-2-1-6(8(12)3-7)5-15-11-4-9(13)14/h1-4,12H,5H2,(H,13,14). The topological polar surface area (TPSA) is 79.1 Å². The fourth-order valence-electron chi connectivity index (χ4n) is 0.848. The summed E-state index contributed by atoms with van der Waals surface area (Å²) in [6, 6.07) is 3.40. The van der Waals surface area contributed by atoms with Gasteiger partial charge in [0.05, 0.1) is 0 Å². The maximum atomic E-state index is 12.5. The first-order valence-corrected chi connectivity index (χ1v) is 3.95. The molecule has 0 spiro atoms. The van der Waals surface area contributed by atoms with Crippen LogP contribution >= 0.6 is 0 Å². The van der Waals surface area contributed by atoms with Crippen LogP contribution in [-0.2, 0) is 16.2 Å². The van der Waals surface area contributed by atoms with E-state index in [1.165, 1.54) is 6.07 Å². The molecule has 6 heteroatoms. The summed E-state index contributed by atoms with van der Waals surface area (Å²) in [7, 11) is 0. The lowest BCUT2D eigenvalue weighted by atomic mass is 10.2. The number of phenolic OH excluding ortho intramolecular Hbond substituents is 1. The number of carbonyl (C=O) groups is 1. The van der Waals surface area contributed by atoms with Gasteiger partial charge in [-0.2, -0.15) is 0 Å². The van der Waals surface area contributed by atoms with E-state index >= 15 is 0 Å². The highest BCUT2D eigenvalue weighted by molar-refractivity contribution is 6.21. The van der Waals surface area contributed by atoms with Crippen LogP contribution in [0.1, 0.15) is 5.56 Å². The van der Waals surface area contributed by atoms with Crippen LogP contribution in [0.25, 0.3) is 0 Å². The van der Waals surface area contributed by atoms with Gasteiger partial charge < -0.3 is 15.1 Å². The van der Waals surface area contributed by atoms with Crippen molar-refractivity contribution in [1.82, 2.24) is 0 Å². The average molecular weight is 213 g/mol. The first-order chi connectivity index (χ1) is 7.09. The highest BCUT2D eigenvalue weighted by Gasteiger charge is 2.02. The molecule has 2 N–H and O–H groups in total. The van der Waals surface area contributed by atoms with Crippen LogP contribution in [0.15, 0.2) is 23.4 Å². The maximum absolute atomic E-state index is 12.5. The summed E-state index contributed by atoms with van der Waals surface area (Å²) in [5.41, 5.74) is 0.318. The Labute approximate surface area is 84.4 Å². The number of nitrogens with zero attached hydrogens (tertiary/aromatic N) is 1. The SMILES string of the molecule is O=C(O)C=NOCc1ccc(F)cc1O. The van der Waals surface area contributed by atoms with Gasteiger partial charge in [0, 0.05) is 11.6 Å². The molecule has 1 rings (SSSR count). The molecule has 0 fully saturated rings. The Hall–Kier alpha value is -2.11. The number of oxime groups is 1. The van der Waals surface area contributed by atoms with Gasteiger partial charge in [-0.1, -0.05) is 5.16 Å². The van der Waals surface area contributed by atoms with Gasteiger partial charge in [-0.25, -0.2) is 9.18 Å². The lowest BCUT2D eigenvalue weighted by molar-refractivity contribution is -0.129. The number of aliphatic carboxylic acids is 1. The molecule has 0 saturated carbocycles. The minimum absolute atomic E-state index is 0.129. The van der Waals surface area contributed by atoms with E-state index in [-0.39, 0.29) is 12.4 Å². The number of aromatic hydroxyl groups is 1. The summed E-state index contributed by atoms with van der Waals surface area (Å²) < 4.78 is 12.5. The molecule has 1 aromatic rings. The molecule has 0 bridgehead atoms. The normalized spacial score (nSPS) is 10.5. The number of hydrogen-bond acceptors (Lipinski definition) is 4. The van der Waals surface area contributed by atoms with Crippen molar-refractivity contribution in [3.8, 4) is 5.75 Å². The maximum Gasteiger partial charge on any atom is 0.350 e. The summed E-state index contributed by atoms with van der Waals surface area (Å²) in [6.07, 6.45) is 0.570. The molecule has 0 aliphatic heterocycles. The van der Waals surface area contributed by atoms with Crippen molar-refractivity contribution >= 4 is 12.2 Å². The third kappa shape index (κ3) is 3.63. The number of carboxylic acid groups (broad SMARTS) is 1. The van der Waals surface area contributed by atoms with Crippen LogP contribution in [0.2, 0.25) is 0 Å². The van der Waals surface area contributed by atoms with Crippen LogP contribution in [-0.4, -0.2) is 22.4 Å². The second kappa shape index (κ2) is 4.94. The van der Waals surface area contributed by atoms with Crippen LogP contribution in [0.5, 0.6) is 5.75 Å². The molecule has 0 atom stereocenters. The van der Waals surface area contributed by atoms with Crippen molar-refractivity contribution in [1.29, 1.82) is 0 Å². The van der Waals surface area contributed by atoms with Gasteiger partial charge in [-0.3, -0.25) is 0 Å². The summed E-state index contributed by atoms with van der Waals surface area (Å²) in [6.45, 7) is -0.129. The zero-order chi connectivity index (χ0) is 11.3. The molecule has 0 aromatic heterocycles. The van der Waals surface area contributed by atoms with Crippen molar-refractivity contribution in [3.63, 3.8) is 0 Å². The largest absolute Gasteiger partial charge is 0.507 e. The second-order valence-electron chi connectivity index (χ2n) is 2.62. The molecular formula is C9H8FNO4. The Bertz CT molecular complexity index is 392. The van der Waals surface area contributed by atoms with Crippen LogP contribution < -0.4 is 0 Å². The van der Waals surface area contributed by atoms with E-state index in [4.69, 9.17) is 5.11 Å². The van der Waals surface area contributed by atoms with Crippen LogP contribution in [0.4, 0.5) is 4.39 Å². The number of phenols is 1. The molecule has 80 valence electrons. The first kappa shape index (κ1) is 11.0. The van der Waals surface area contributed by atoms with Crippen molar-refractivity contribution < 1.29 is 24.2 Å². The van der Waals surface area contributed by atoms with Crippen molar-refractivity contribution in [3.05, 3.63) is 29.6 Å². The van der Waals surface area contributed by atoms with Gasteiger partial charge >= 0.3 is 5.97 Å². The van der Waals surface area contributed by atoms with E-state index < -0.39 is 11.8 Å². The molecule has 5 nitrogen and oxygen atoms in total. The Kier molecular flexibility index (Phi) is 3.61. The van der Waals surface area contributed by atoms with Crippen LogP contribution in [0.3, 0.4) is 0 Å². The number of benzene rings is 1. The number of rotatable bonds is 4. The quantitative estimate of drug-likeness (QED) is 0.580. The van der Waals surface area contributed by atoms with E-state index in [9.17, 15) is 14.3 Å². The molecule has 0 radical (unpaired) electrons. The van der Waals surface area contributed by atoms with Gasteiger partial charge in [-0.15, -0.1) is 0 Å². The highest BCUT2D eigenvalue weighted by atomic mass is 19.1. The molecule has 0 heterocycles. The second-order valence-corrected chi connectivity index (χ2v) is 2.62. The number of carboxylic acids is 1. The molecule has 15 heavy (non-hydrogen) atoms. The minimum Gasteiger partial charge on any atom is -0.507 e. The minimum atomic E-state index is -1.24. The first-order valence-electron chi connectivity index (χ1n) is 3.95. The van der Waals surface area contributed by atoms with Crippen molar-refractivity contribution in [2.45, 2.75) is 6.61 Å². The smallest absolute Gasteiger partial charge is 0.350 e. The van der Waals surface area contributed by atoms with E-state index in [2.05, 4.69) is 9.99 Å². The average Bonchev–Trinajstić information content (AvgIpc) is 2.14. The summed E-state index contributed by atoms with van der Waals surface area (Å²) in [5.74, 6) is -2.07. The van der Waals surface area contributed by atoms with Gasteiger partial charge in [0.1, 0.15) is 18.2 Å². The Morgan fingerprint density at radius 2 is 2.33 bits per heavy atom. The molecule has 0 saturated heterocycles. The van der Waals surface area contributed by atoms with Crippen molar-refractivity contribution in [2.24, 2.45) is 5.16 Å². The summed E-state index contributed by atoms with van der Waals surface area (Å²) in [4.78, 5) is 14.6. The molecule has 0 amide bonds. The molecule has 0 aliphatic carbocycles. The third-order valence-electron chi connectivity index (χ3n) is 1.51. The van der Waals surface area contributed by atoms with Gasteiger partial charge in [0.25, 0.3) is 0 Å². The number of hydrogen-bond donors (Lipinski definition) is 2. The van der Waals surface area contributed by atoms with E-state index in [1.54, 1.807) is 0 Å². The predicted molar refractivity (Wildman–Crippen MR) is 49.0 cm³/mol. The monoisotopic (exact) mass is 213 g/mol. The van der Waals surface area contributed by atoms with Crippen molar-refractivity contribution in [2.75, 3.05) is 0 Å². The third-order valence-corrected chi connectivity index (χ3v) is 1.51. The van der Waals surface area contributed by atoms with E-state index in [0.29, 0.717) is 11.8 Å². The van der Waals surface area contributed by atoms with Crippen LogP contribution in [0, 0.1) is 5.82 Å². The molecule has 0 unspecified atom stereocenters. The summed E-state index contributed by atoms with van der Waals surface area (Å²) in [5, 5.41) is 20.5. The fraction of sp³-hybridized carbons (Fsp3) is 0.111. The summed E-state index contributed by atoms with van der Waals surface area (Å²) >= 11 is 0. The van der Waals surface area contributed by atoms with E-state index in [1.807, 2.05) is 0 Å². The lowest BCUT2D eigenvalue weighted by Gasteiger charge is -2.02. The van der Waals surface area contributed by atoms with Gasteiger partial charge in [0.2, 0.25) is 0 Å². The number of halogens is 1. The Morgan fingerprint density at radius 3 is 2.93 bits per heavy atom. The van der Waals surface area contributed by atoms with Gasteiger partial charge in [-0.05, 0) is 12.1 Å².